The lowest BCUT2D eigenvalue weighted by atomic mass is 10.1. The highest BCUT2D eigenvalue weighted by Crippen LogP contribution is 2.31. The van der Waals surface area contributed by atoms with Crippen LogP contribution in [-0.4, -0.2) is 22.5 Å². The Labute approximate surface area is 115 Å². The Morgan fingerprint density at radius 2 is 2.05 bits per heavy atom. The number of thiazole rings is 1. The Hall–Kier alpha value is -1.88. The largest absolute Gasteiger partial charge is 0.508 e. The third-order valence-corrected chi connectivity index (χ3v) is 3.95. The van der Waals surface area contributed by atoms with Gasteiger partial charge in [-0.15, -0.1) is 11.3 Å². The van der Waals surface area contributed by atoms with E-state index in [-0.39, 0.29) is 5.75 Å². The van der Waals surface area contributed by atoms with Crippen molar-refractivity contribution in [3.8, 4) is 17.0 Å². The van der Waals surface area contributed by atoms with Gasteiger partial charge in [0.1, 0.15) is 11.6 Å². The molecule has 1 aromatic carbocycles. The highest BCUT2D eigenvalue weighted by molar-refractivity contribution is 7.16. The molecule has 0 radical (unpaired) electrons. The molecule has 4 nitrogen and oxygen atoms in total. The number of benzene rings is 1. The van der Waals surface area contributed by atoms with Crippen LogP contribution in [0.5, 0.6) is 5.75 Å². The van der Waals surface area contributed by atoms with Crippen molar-refractivity contribution in [1.82, 2.24) is 4.98 Å². The summed E-state index contributed by atoms with van der Waals surface area (Å²) in [7, 11) is 0. The summed E-state index contributed by atoms with van der Waals surface area (Å²) in [6, 6.07) is 7.13. The highest BCUT2D eigenvalue weighted by Gasteiger charge is 2.12. The normalized spacial score (nSPS) is 14.5. The molecule has 5 heteroatoms. The molecule has 0 atom stereocenters. The molecule has 0 bridgehead atoms. The Morgan fingerprint density at radius 3 is 2.74 bits per heavy atom. The standard InChI is InChI=1S/C14H15N3OS/c1-9-13(10-4-6-11(18)7-5-10)17-14(19-9)16-12-3-2-8-15-12/h4-7,18H,2-3,8H2,1H3,(H,15,16,17). The maximum atomic E-state index is 9.32. The Balaban J connectivity index is 1.86. The topological polar surface area (TPSA) is 57.5 Å². The number of aryl methyl sites for hydroxylation is 1. The van der Waals surface area contributed by atoms with E-state index in [9.17, 15) is 5.11 Å². The molecule has 2 aromatic rings. The maximum Gasteiger partial charge on any atom is 0.188 e. The van der Waals surface area contributed by atoms with Crippen LogP contribution in [0.4, 0.5) is 5.13 Å². The summed E-state index contributed by atoms with van der Waals surface area (Å²) in [4.78, 5) is 10.2. The monoisotopic (exact) mass is 273 g/mol. The summed E-state index contributed by atoms with van der Waals surface area (Å²) in [6.07, 6.45) is 2.13. The van der Waals surface area contributed by atoms with Crippen LogP contribution in [0.3, 0.4) is 0 Å². The molecule has 0 saturated heterocycles. The minimum absolute atomic E-state index is 0.273. The van der Waals surface area contributed by atoms with Gasteiger partial charge in [-0.2, -0.15) is 0 Å². The van der Waals surface area contributed by atoms with E-state index in [0.717, 1.165) is 46.5 Å². The number of hydrogen-bond donors (Lipinski definition) is 2. The number of nitrogens with one attached hydrogen (secondary N) is 1. The van der Waals surface area contributed by atoms with Crippen LogP contribution in [0.25, 0.3) is 11.3 Å². The minimum Gasteiger partial charge on any atom is -0.508 e. The molecule has 0 aliphatic carbocycles. The van der Waals surface area contributed by atoms with Crippen molar-refractivity contribution in [3.05, 3.63) is 29.1 Å². The summed E-state index contributed by atoms with van der Waals surface area (Å²) in [6.45, 7) is 2.97. The lowest BCUT2D eigenvalue weighted by Crippen LogP contribution is -2.07. The summed E-state index contributed by atoms with van der Waals surface area (Å²) < 4.78 is 0. The van der Waals surface area contributed by atoms with E-state index in [2.05, 4.69) is 22.2 Å². The average Bonchev–Trinajstić information content (AvgIpc) is 3.01. The van der Waals surface area contributed by atoms with Crippen LogP contribution in [0.2, 0.25) is 0 Å². The van der Waals surface area contributed by atoms with E-state index < -0.39 is 0 Å². The van der Waals surface area contributed by atoms with Gasteiger partial charge in [0.25, 0.3) is 0 Å². The van der Waals surface area contributed by atoms with E-state index in [1.165, 1.54) is 0 Å². The van der Waals surface area contributed by atoms with Gasteiger partial charge in [-0.1, -0.05) is 0 Å². The first-order valence-corrected chi connectivity index (χ1v) is 7.11. The summed E-state index contributed by atoms with van der Waals surface area (Å²) in [5, 5.41) is 13.5. The van der Waals surface area contributed by atoms with E-state index in [1.54, 1.807) is 23.5 Å². The molecule has 2 heterocycles. The number of phenols is 1. The van der Waals surface area contributed by atoms with Crippen LogP contribution in [0.15, 0.2) is 29.3 Å². The van der Waals surface area contributed by atoms with Crippen LogP contribution < -0.4 is 5.32 Å². The van der Waals surface area contributed by atoms with Crippen molar-refractivity contribution in [2.45, 2.75) is 19.8 Å². The van der Waals surface area contributed by atoms with Gasteiger partial charge in [-0.05, 0) is 37.6 Å². The fraction of sp³-hybridized carbons (Fsp3) is 0.286. The number of nitrogens with zero attached hydrogens (tertiary/aromatic N) is 2. The zero-order chi connectivity index (χ0) is 13.2. The third-order valence-electron chi connectivity index (χ3n) is 3.06. The molecule has 98 valence electrons. The smallest absolute Gasteiger partial charge is 0.188 e. The first-order valence-electron chi connectivity index (χ1n) is 6.29. The van der Waals surface area contributed by atoms with Gasteiger partial charge in [0, 0.05) is 23.4 Å². The summed E-state index contributed by atoms with van der Waals surface area (Å²) >= 11 is 1.63. The second kappa shape index (κ2) is 5.01. The van der Waals surface area contributed by atoms with Gasteiger partial charge in [0.05, 0.1) is 5.69 Å². The second-order valence-electron chi connectivity index (χ2n) is 4.53. The van der Waals surface area contributed by atoms with Crippen molar-refractivity contribution < 1.29 is 5.11 Å². The Bertz CT molecular complexity index is 616. The molecule has 3 rings (SSSR count). The van der Waals surface area contributed by atoms with Crippen molar-refractivity contribution >= 4 is 22.3 Å². The van der Waals surface area contributed by atoms with Crippen LogP contribution >= 0.6 is 11.3 Å². The fourth-order valence-electron chi connectivity index (χ4n) is 2.10. The minimum atomic E-state index is 0.273. The molecule has 0 saturated carbocycles. The van der Waals surface area contributed by atoms with Crippen LogP contribution in [0.1, 0.15) is 17.7 Å². The second-order valence-corrected chi connectivity index (χ2v) is 5.73. The highest BCUT2D eigenvalue weighted by atomic mass is 32.1. The van der Waals surface area contributed by atoms with Gasteiger partial charge in [-0.25, -0.2) is 4.98 Å². The zero-order valence-electron chi connectivity index (χ0n) is 10.7. The van der Waals surface area contributed by atoms with E-state index in [0.29, 0.717) is 0 Å². The van der Waals surface area contributed by atoms with Gasteiger partial charge >= 0.3 is 0 Å². The predicted octanol–water partition coefficient (Wildman–Crippen LogP) is 3.43. The van der Waals surface area contributed by atoms with Crippen LogP contribution in [0, 0.1) is 6.92 Å². The van der Waals surface area contributed by atoms with Gasteiger partial charge in [0.2, 0.25) is 0 Å². The average molecular weight is 273 g/mol. The predicted molar refractivity (Wildman–Crippen MR) is 79.1 cm³/mol. The fourth-order valence-corrected chi connectivity index (χ4v) is 2.96. The van der Waals surface area contributed by atoms with Crippen molar-refractivity contribution in [2.75, 3.05) is 11.9 Å². The number of hydrogen-bond acceptors (Lipinski definition) is 5. The molecular formula is C14H15N3OS. The first-order chi connectivity index (χ1) is 9.22. The Morgan fingerprint density at radius 1 is 1.26 bits per heavy atom. The molecule has 0 spiro atoms. The SMILES string of the molecule is Cc1sc(NC2=NCCC2)nc1-c1ccc(O)cc1. The number of phenolic OH excluding ortho intramolecular Hbond substituents is 1. The molecule has 0 amide bonds. The lowest BCUT2D eigenvalue weighted by molar-refractivity contribution is 0.475. The molecule has 1 aliphatic heterocycles. The number of rotatable bonds is 2. The van der Waals surface area contributed by atoms with Gasteiger partial charge in [-0.3, -0.25) is 4.99 Å². The summed E-state index contributed by atoms with van der Waals surface area (Å²) in [5.41, 5.74) is 1.99. The molecule has 2 N–H and O–H groups in total. The molecule has 1 aromatic heterocycles. The third kappa shape index (κ3) is 2.61. The maximum absolute atomic E-state index is 9.32. The van der Waals surface area contributed by atoms with Crippen molar-refractivity contribution in [1.29, 1.82) is 0 Å². The number of anilines is 1. The molecule has 0 fully saturated rings. The zero-order valence-corrected chi connectivity index (χ0v) is 11.5. The van der Waals surface area contributed by atoms with Crippen LogP contribution in [-0.2, 0) is 0 Å². The number of aliphatic imine (C=N–C) groups is 1. The quantitative estimate of drug-likeness (QED) is 0.881. The number of amidine groups is 1. The molecule has 1 aliphatic rings. The lowest BCUT2D eigenvalue weighted by Gasteiger charge is -2.00. The Kier molecular flexibility index (Phi) is 3.21. The van der Waals surface area contributed by atoms with Crippen molar-refractivity contribution in [3.63, 3.8) is 0 Å². The molecule has 19 heavy (non-hydrogen) atoms. The van der Waals surface area contributed by atoms with Crippen molar-refractivity contribution in [2.24, 2.45) is 4.99 Å². The van der Waals surface area contributed by atoms with E-state index in [4.69, 9.17) is 0 Å². The van der Waals surface area contributed by atoms with Gasteiger partial charge < -0.3 is 10.4 Å². The molecule has 0 unspecified atom stereocenters. The first kappa shape index (κ1) is 12.2. The number of aromatic hydroxyl groups is 1. The van der Waals surface area contributed by atoms with Gasteiger partial charge in [0.15, 0.2) is 5.13 Å². The van der Waals surface area contributed by atoms with E-state index in [1.807, 2.05) is 12.1 Å². The summed E-state index contributed by atoms with van der Waals surface area (Å²) in [5.74, 6) is 1.31. The number of aromatic nitrogens is 1. The molecular weight excluding hydrogens is 258 g/mol. The van der Waals surface area contributed by atoms with E-state index >= 15 is 0 Å².